The number of fused-ring (bicyclic) bond motifs is 1. The number of hydrogen-bond donors (Lipinski definition) is 2. The Labute approximate surface area is 225 Å². The van der Waals surface area contributed by atoms with E-state index in [0.717, 1.165) is 16.2 Å². The van der Waals surface area contributed by atoms with E-state index in [1.807, 2.05) is 18.2 Å². The number of pyridine rings is 1. The van der Waals surface area contributed by atoms with Crippen molar-refractivity contribution in [3.05, 3.63) is 52.9 Å². The van der Waals surface area contributed by atoms with Crippen molar-refractivity contribution in [2.24, 2.45) is 5.16 Å². The minimum absolute atomic E-state index is 0.0769. The molecule has 2 aromatic heterocycles. The van der Waals surface area contributed by atoms with Crippen molar-refractivity contribution in [1.82, 2.24) is 15.2 Å². The molecule has 1 unspecified atom stereocenters. The zero-order valence-electron chi connectivity index (χ0n) is 20.4. The Balaban J connectivity index is 1.50. The highest BCUT2D eigenvalue weighted by Crippen LogP contribution is 2.46. The number of carbonyl (C=O) groups excluding carboxylic acids is 3. The molecule has 2 N–H and O–H groups in total. The summed E-state index contributed by atoms with van der Waals surface area (Å²) in [5, 5.41) is 21.8. The Morgan fingerprint density at radius 2 is 1.97 bits per heavy atom. The summed E-state index contributed by atoms with van der Waals surface area (Å²) >= 11 is 2.34. The third-order valence-electron chi connectivity index (χ3n) is 5.54. The van der Waals surface area contributed by atoms with Gasteiger partial charge in [-0.05, 0) is 0 Å². The van der Waals surface area contributed by atoms with Gasteiger partial charge in [0.15, 0.2) is 29.8 Å². The summed E-state index contributed by atoms with van der Waals surface area (Å²) < 4.78 is 23.7. The average molecular weight is 583 g/mol. The highest BCUT2D eigenvalue weighted by Gasteiger charge is 2.53. The van der Waals surface area contributed by atoms with E-state index >= 15 is 0 Å². The molecule has 38 heavy (non-hydrogen) atoms. The number of carboxylic acids is 1. The van der Waals surface area contributed by atoms with Crippen molar-refractivity contribution in [2.45, 2.75) is 18.0 Å². The molecule has 0 aromatic carbocycles. The fourth-order valence-electron chi connectivity index (χ4n) is 3.78. The number of amides is 2. The van der Waals surface area contributed by atoms with Crippen molar-refractivity contribution in [3.63, 3.8) is 0 Å². The SMILES string of the molecule is CON=C(C(=O)NC1C(=O)N2C(C(=O)[O-])=C(C[n+]3ccccc3)CS[C@@H]12)c1csc(NP(=O)(OC)OC)n1. The maximum atomic E-state index is 13.1. The lowest BCUT2D eigenvalue weighted by Crippen LogP contribution is -2.71. The monoisotopic (exact) mass is 582 g/mol. The van der Waals surface area contributed by atoms with Gasteiger partial charge in [0.2, 0.25) is 0 Å². The van der Waals surface area contributed by atoms with Crippen molar-refractivity contribution in [3.8, 4) is 0 Å². The number of thioether (sulfide) groups is 1. The topological polar surface area (TPSA) is 175 Å². The molecule has 14 nitrogen and oxygen atoms in total. The molecule has 0 saturated carbocycles. The molecule has 1 fully saturated rings. The van der Waals surface area contributed by atoms with Crippen LogP contribution < -0.4 is 20.1 Å². The van der Waals surface area contributed by atoms with Crippen molar-refractivity contribution < 1.29 is 42.5 Å². The van der Waals surface area contributed by atoms with E-state index in [1.54, 1.807) is 17.0 Å². The molecule has 4 rings (SSSR count). The molecule has 0 radical (unpaired) electrons. The van der Waals surface area contributed by atoms with Gasteiger partial charge in [0, 0.05) is 43.1 Å². The second-order valence-electron chi connectivity index (χ2n) is 7.78. The fourth-order valence-corrected chi connectivity index (χ4v) is 6.81. The van der Waals surface area contributed by atoms with Crippen molar-refractivity contribution >= 4 is 59.5 Å². The quantitative estimate of drug-likeness (QED) is 0.117. The highest BCUT2D eigenvalue weighted by atomic mass is 32.2. The zero-order chi connectivity index (χ0) is 27.4. The van der Waals surface area contributed by atoms with Crippen LogP contribution in [0.3, 0.4) is 0 Å². The second-order valence-corrected chi connectivity index (χ2v) is 11.7. The Kier molecular flexibility index (Phi) is 8.47. The number of anilines is 1. The maximum Gasteiger partial charge on any atom is 0.433 e. The molecule has 2 amide bonds. The summed E-state index contributed by atoms with van der Waals surface area (Å²) in [6, 6.07) is 4.46. The van der Waals surface area contributed by atoms with E-state index in [9.17, 15) is 24.1 Å². The molecule has 4 heterocycles. The molecule has 2 aromatic rings. The predicted molar refractivity (Wildman–Crippen MR) is 135 cm³/mol. The molecule has 0 bridgehead atoms. The number of aliphatic carboxylic acids is 1. The van der Waals surface area contributed by atoms with Crippen LogP contribution >= 0.6 is 30.8 Å². The van der Waals surface area contributed by atoms with Gasteiger partial charge in [0.25, 0.3) is 11.8 Å². The summed E-state index contributed by atoms with van der Waals surface area (Å²) in [7, 11) is 0.00238. The number of aromatic nitrogens is 2. The lowest BCUT2D eigenvalue weighted by atomic mass is 10.0. The molecule has 2 aliphatic rings. The smallest absolute Gasteiger partial charge is 0.433 e. The first-order valence-electron chi connectivity index (χ1n) is 10.9. The average Bonchev–Trinajstić information content (AvgIpc) is 3.37. The lowest BCUT2D eigenvalue weighted by molar-refractivity contribution is -0.689. The lowest BCUT2D eigenvalue weighted by Gasteiger charge is -2.50. The summed E-state index contributed by atoms with van der Waals surface area (Å²) in [6.07, 6.45) is 3.58. The molecular formula is C21H23N6O8PS2. The van der Waals surface area contributed by atoms with Crippen LogP contribution in [0, 0.1) is 0 Å². The van der Waals surface area contributed by atoms with Gasteiger partial charge in [0.05, 0.1) is 11.7 Å². The Hall–Kier alpha value is -3.30. The van der Waals surface area contributed by atoms with E-state index < -0.39 is 36.9 Å². The minimum Gasteiger partial charge on any atom is -0.543 e. The van der Waals surface area contributed by atoms with Gasteiger partial charge in [-0.3, -0.25) is 28.6 Å². The molecule has 2 atom stereocenters. The number of thiazole rings is 1. The third kappa shape index (κ3) is 5.59. The minimum atomic E-state index is -3.63. The zero-order valence-corrected chi connectivity index (χ0v) is 22.9. The van der Waals surface area contributed by atoms with Crippen LogP contribution in [-0.2, 0) is 39.4 Å². The van der Waals surface area contributed by atoms with Gasteiger partial charge in [-0.15, -0.1) is 23.1 Å². The van der Waals surface area contributed by atoms with E-state index in [-0.39, 0.29) is 28.8 Å². The van der Waals surface area contributed by atoms with E-state index in [4.69, 9.17) is 13.9 Å². The standard InChI is InChI=1S/C21H23N6O8PS2/c1-33-24-14(13-11-38-21(22-13)25-36(32,34-2)35-3)17(28)23-15-18(29)27-16(20(30)31)12(10-37-19(15)27)9-26-7-5-4-6-8-26/h4-8,11,15,19H,9-10H2,1-3H3,(H2-,22,23,25,28,30,31,32)/t15?,19-/m0/s1. The van der Waals surface area contributed by atoms with Crippen LogP contribution in [0.4, 0.5) is 5.13 Å². The predicted octanol–water partition coefficient (Wildman–Crippen LogP) is -0.302. The van der Waals surface area contributed by atoms with Gasteiger partial charge in [-0.25, -0.2) is 14.1 Å². The Bertz CT molecular complexity index is 1340. The molecule has 2 aliphatic heterocycles. The first-order valence-corrected chi connectivity index (χ1v) is 14.4. The maximum absolute atomic E-state index is 13.1. The number of rotatable bonds is 11. The van der Waals surface area contributed by atoms with Crippen LogP contribution in [0.2, 0.25) is 0 Å². The van der Waals surface area contributed by atoms with Crippen LogP contribution in [0.25, 0.3) is 0 Å². The molecule has 202 valence electrons. The fraction of sp³-hybridized carbons (Fsp3) is 0.333. The number of carboxylic acid groups (broad SMARTS) is 1. The van der Waals surface area contributed by atoms with Gasteiger partial charge in [-0.2, -0.15) is 0 Å². The van der Waals surface area contributed by atoms with Crippen molar-refractivity contribution in [1.29, 1.82) is 0 Å². The molecule has 17 heteroatoms. The summed E-state index contributed by atoms with van der Waals surface area (Å²) in [5.41, 5.74) is 0.162. The first-order chi connectivity index (χ1) is 18.2. The summed E-state index contributed by atoms with van der Waals surface area (Å²) in [6.45, 7) is 0.272. The van der Waals surface area contributed by atoms with Crippen LogP contribution in [0.1, 0.15) is 5.69 Å². The van der Waals surface area contributed by atoms with Crippen molar-refractivity contribution in [2.75, 3.05) is 32.2 Å². The molecule has 1 saturated heterocycles. The third-order valence-corrected chi connectivity index (χ3v) is 9.23. The van der Waals surface area contributed by atoms with E-state index in [2.05, 4.69) is 20.5 Å². The number of β-lactam (4-membered cyclic amide) rings is 1. The Morgan fingerprint density at radius 1 is 1.26 bits per heavy atom. The summed E-state index contributed by atoms with van der Waals surface area (Å²) in [4.78, 5) is 48.2. The largest absolute Gasteiger partial charge is 0.543 e. The van der Waals surface area contributed by atoms with Gasteiger partial charge < -0.3 is 20.1 Å². The second kappa shape index (κ2) is 11.6. The van der Waals surface area contributed by atoms with Gasteiger partial charge in [-0.1, -0.05) is 11.2 Å². The van der Waals surface area contributed by atoms with Crippen LogP contribution in [0.15, 0.2) is 52.4 Å². The normalized spacial score (nSPS) is 19.5. The van der Waals surface area contributed by atoms with Gasteiger partial charge in [0.1, 0.15) is 24.2 Å². The number of carbonyl (C=O) groups is 3. The molecule has 0 spiro atoms. The number of nitrogens with one attached hydrogen (secondary N) is 2. The molecular weight excluding hydrogens is 559 g/mol. The summed E-state index contributed by atoms with van der Waals surface area (Å²) in [5.74, 6) is -2.50. The van der Waals surface area contributed by atoms with E-state index in [1.165, 1.54) is 38.5 Å². The van der Waals surface area contributed by atoms with Gasteiger partial charge >= 0.3 is 7.75 Å². The highest BCUT2D eigenvalue weighted by molar-refractivity contribution is 8.00. The Morgan fingerprint density at radius 3 is 2.61 bits per heavy atom. The number of hydrogen-bond acceptors (Lipinski definition) is 12. The number of nitrogens with zero attached hydrogens (tertiary/aromatic N) is 4. The number of oxime groups is 1. The van der Waals surface area contributed by atoms with E-state index in [0.29, 0.717) is 11.3 Å². The van der Waals surface area contributed by atoms with Crippen LogP contribution in [0.5, 0.6) is 0 Å². The van der Waals surface area contributed by atoms with Crippen LogP contribution in [-0.4, -0.2) is 71.9 Å². The first kappa shape index (κ1) is 27.7. The molecule has 0 aliphatic carbocycles.